The molecular weight excluding hydrogens is 450 g/mol. The number of para-hydroxylation sites is 1. The molecule has 5 rings (SSSR count). The molecule has 1 aliphatic rings. The third-order valence-corrected chi connectivity index (χ3v) is 6.82. The van der Waals surface area contributed by atoms with Gasteiger partial charge in [0.25, 0.3) is 5.56 Å². The number of rotatable bonds is 5. The Bertz CT molecular complexity index is 1620. The van der Waals surface area contributed by atoms with Gasteiger partial charge in [0.05, 0.1) is 35.6 Å². The van der Waals surface area contributed by atoms with E-state index in [0.29, 0.717) is 26.4 Å². The lowest BCUT2D eigenvalue weighted by atomic mass is 9.95. The summed E-state index contributed by atoms with van der Waals surface area (Å²) < 4.78 is 12.9. The summed E-state index contributed by atoms with van der Waals surface area (Å²) in [6.45, 7) is 3.76. The van der Waals surface area contributed by atoms with Gasteiger partial charge in [0.2, 0.25) is 0 Å². The van der Waals surface area contributed by atoms with Crippen LogP contribution in [0.3, 0.4) is 0 Å². The zero-order valence-corrected chi connectivity index (χ0v) is 19.8. The molecule has 1 aliphatic heterocycles. The van der Waals surface area contributed by atoms with Crippen LogP contribution in [0.15, 0.2) is 75.8 Å². The van der Waals surface area contributed by atoms with Crippen molar-refractivity contribution in [2.45, 2.75) is 19.9 Å². The average Bonchev–Trinajstić information content (AvgIpc) is 3.39. The molecule has 7 nitrogen and oxygen atoms in total. The first-order valence-electron chi connectivity index (χ1n) is 10.9. The Morgan fingerprint density at radius 2 is 2.06 bits per heavy atom. The summed E-state index contributed by atoms with van der Waals surface area (Å²) >= 11 is 1.30. The molecule has 34 heavy (non-hydrogen) atoms. The standard InChI is InChI=1S/C26H23N3O4S/c1-4-33-25(31)22-15(2)28-26-29(23(22)16-8-7-9-18(12-16)32-3)24(30)21(34-26)13-17-14-27-20-11-6-5-10-19(17)20/h5-14,23,27H,4H2,1-3H3/b21-13+. The van der Waals surface area contributed by atoms with Gasteiger partial charge in [0, 0.05) is 22.7 Å². The first-order valence-corrected chi connectivity index (χ1v) is 11.7. The van der Waals surface area contributed by atoms with E-state index < -0.39 is 12.0 Å². The third kappa shape index (κ3) is 3.66. The number of methoxy groups -OCH3 is 1. The largest absolute Gasteiger partial charge is 0.497 e. The molecule has 0 saturated carbocycles. The second kappa shape index (κ2) is 8.79. The molecule has 0 saturated heterocycles. The lowest BCUT2D eigenvalue weighted by Crippen LogP contribution is -2.39. The summed E-state index contributed by atoms with van der Waals surface area (Å²) in [5, 5.41) is 1.03. The number of carbonyl (C=O) groups is 1. The van der Waals surface area contributed by atoms with Gasteiger partial charge in [-0.1, -0.05) is 41.7 Å². The van der Waals surface area contributed by atoms with Crippen LogP contribution in [0.2, 0.25) is 0 Å². The number of nitrogens with zero attached hydrogens (tertiary/aromatic N) is 2. The molecule has 0 spiro atoms. The van der Waals surface area contributed by atoms with Gasteiger partial charge in [-0.05, 0) is 43.7 Å². The molecule has 4 aromatic rings. The number of ether oxygens (including phenoxy) is 2. The van der Waals surface area contributed by atoms with E-state index in [2.05, 4.69) is 9.98 Å². The molecule has 0 fully saturated rings. The highest BCUT2D eigenvalue weighted by atomic mass is 32.1. The average molecular weight is 474 g/mol. The highest BCUT2D eigenvalue weighted by Gasteiger charge is 2.33. The van der Waals surface area contributed by atoms with Crippen molar-refractivity contribution in [3.8, 4) is 5.75 Å². The van der Waals surface area contributed by atoms with Crippen LogP contribution >= 0.6 is 11.3 Å². The fraction of sp³-hybridized carbons (Fsp3) is 0.192. The molecule has 0 amide bonds. The number of nitrogens with one attached hydrogen (secondary N) is 1. The van der Waals surface area contributed by atoms with E-state index in [9.17, 15) is 9.59 Å². The van der Waals surface area contributed by atoms with E-state index in [1.807, 2.05) is 60.8 Å². The summed E-state index contributed by atoms with van der Waals surface area (Å²) in [5.41, 5.74) is 3.33. The maximum absolute atomic E-state index is 13.7. The zero-order chi connectivity index (χ0) is 23.8. The summed E-state index contributed by atoms with van der Waals surface area (Å²) in [6, 6.07) is 14.6. The van der Waals surface area contributed by atoms with E-state index in [-0.39, 0.29) is 12.2 Å². The molecule has 2 aromatic heterocycles. The number of fused-ring (bicyclic) bond motifs is 2. The van der Waals surface area contributed by atoms with Crippen LogP contribution in [-0.4, -0.2) is 29.2 Å². The molecule has 1 atom stereocenters. The summed E-state index contributed by atoms with van der Waals surface area (Å²) in [5.74, 6) is 0.152. The molecule has 172 valence electrons. The van der Waals surface area contributed by atoms with E-state index in [1.165, 1.54) is 11.3 Å². The third-order valence-electron chi connectivity index (χ3n) is 5.83. The molecule has 0 aliphatic carbocycles. The predicted octanol–water partition coefficient (Wildman–Crippen LogP) is 3.29. The number of aromatic nitrogens is 2. The van der Waals surface area contributed by atoms with Crippen LogP contribution in [0.25, 0.3) is 17.0 Å². The zero-order valence-electron chi connectivity index (χ0n) is 19.0. The maximum atomic E-state index is 13.7. The number of hydrogen-bond acceptors (Lipinski definition) is 6. The minimum absolute atomic E-state index is 0.212. The smallest absolute Gasteiger partial charge is 0.338 e. The first-order chi connectivity index (χ1) is 16.5. The van der Waals surface area contributed by atoms with Crippen molar-refractivity contribution in [3.05, 3.63) is 96.8 Å². The summed E-state index contributed by atoms with van der Waals surface area (Å²) in [6.07, 6.45) is 3.76. The lowest BCUT2D eigenvalue weighted by molar-refractivity contribution is -0.139. The Labute approximate surface area is 199 Å². The second-order valence-corrected chi connectivity index (χ2v) is 8.88. The van der Waals surface area contributed by atoms with E-state index >= 15 is 0 Å². The van der Waals surface area contributed by atoms with Crippen LogP contribution in [-0.2, 0) is 9.53 Å². The van der Waals surface area contributed by atoms with Crippen LogP contribution in [0.1, 0.15) is 31.0 Å². The van der Waals surface area contributed by atoms with Gasteiger partial charge in [-0.15, -0.1) is 0 Å². The second-order valence-electron chi connectivity index (χ2n) is 7.87. The van der Waals surface area contributed by atoms with E-state index in [4.69, 9.17) is 9.47 Å². The van der Waals surface area contributed by atoms with Crippen molar-refractivity contribution >= 4 is 34.3 Å². The van der Waals surface area contributed by atoms with Crippen molar-refractivity contribution in [2.24, 2.45) is 4.99 Å². The monoisotopic (exact) mass is 473 g/mol. The number of benzene rings is 2. The quantitative estimate of drug-likeness (QED) is 0.451. The Hall–Kier alpha value is -3.91. The number of H-pyrrole nitrogens is 1. The van der Waals surface area contributed by atoms with Crippen molar-refractivity contribution < 1.29 is 14.3 Å². The van der Waals surface area contributed by atoms with Gasteiger partial charge in [-0.2, -0.15) is 0 Å². The number of aromatic amines is 1. The lowest BCUT2D eigenvalue weighted by Gasteiger charge is -2.24. The van der Waals surface area contributed by atoms with Crippen LogP contribution < -0.4 is 19.6 Å². The Morgan fingerprint density at radius 3 is 2.85 bits per heavy atom. The summed E-state index contributed by atoms with van der Waals surface area (Å²) in [7, 11) is 1.58. The van der Waals surface area contributed by atoms with Crippen molar-refractivity contribution in [1.82, 2.24) is 9.55 Å². The molecule has 1 unspecified atom stereocenters. The van der Waals surface area contributed by atoms with Gasteiger partial charge in [0.1, 0.15) is 5.75 Å². The van der Waals surface area contributed by atoms with E-state index in [1.54, 1.807) is 25.5 Å². The van der Waals surface area contributed by atoms with Crippen LogP contribution in [0, 0.1) is 0 Å². The molecule has 3 heterocycles. The fourth-order valence-corrected chi connectivity index (χ4v) is 5.31. The highest BCUT2D eigenvalue weighted by molar-refractivity contribution is 7.07. The first kappa shape index (κ1) is 21.9. The predicted molar refractivity (Wildman–Crippen MR) is 132 cm³/mol. The highest BCUT2D eigenvalue weighted by Crippen LogP contribution is 2.32. The Morgan fingerprint density at radius 1 is 1.24 bits per heavy atom. The van der Waals surface area contributed by atoms with E-state index in [0.717, 1.165) is 22.0 Å². The van der Waals surface area contributed by atoms with Gasteiger partial charge >= 0.3 is 5.97 Å². The molecule has 8 heteroatoms. The molecule has 1 N–H and O–H groups in total. The van der Waals surface area contributed by atoms with Gasteiger partial charge in [-0.3, -0.25) is 9.36 Å². The summed E-state index contributed by atoms with van der Waals surface area (Å²) in [4.78, 5) is 35.1. The van der Waals surface area contributed by atoms with Gasteiger partial charge in [0.15, 0.2) is 4.80 Å². The minimum atomic E-state index is -0.671. The van der Waals surface area contributed by atoms with Crippen molar-refractivity contribution in [1.29, 1.82) is 0 Å². The molecular formula is C26H23N3O4S. The van der Waals surface area contributed by atoms with Crippen molar-refractivity contribution in [2.75, 3.05) is 13.7 Å². The van der Waals surface area contributed by atoms with Crippen LogP contribution in [0.4, 0.5) is 0 Å². The molecule has 2 aromatic carbocycles. The number of carbonyl (C=O) groups excluding carboxylic acids is 1. The molecule has 0 bridgehead atoms. The Balaban J connectivity index is 1.75. The number of hydrogen-bond donors (Lipinski definition) is 1. The molecule has 0 radical (unpaired) electrons. The minimum Gasteiger partial charge on any atom is -0.497 e. The SMILES string of the molecule is CCOC(=O)C1=C(C)N=c2s/c(=C/c3c[nH]c4ccccc34)c(=O)n2C1c1cccc(OC)c1. The Kier molecular flexibility index (Phi) is 5.67. The number of thiazole rings is 1. The normalized spacial score (nSPS) is 15.9. The van der Waals surface area contributed by atoms with Gasteiger partial charge in [-0.25, -0.2) is 9.79 Å². The number of allylic oxidation sites excluding steroid dienone is 1. The maximum Gasteiger partial charge on any atom is 0.338 e. The van der Waals surface area contributed by atoms with Crippen molar-refractivity contribution in [3.63, 3.8) is 0 Å². The van der Waals surface area contributed by atoms with Gasteiger partial charge < -0.3 is 14.5 Å². The fourth-order valence-electron chi connectivity index (χ4n) is 4.27. The topological polar surface area (TPSA) is 85.7 Å². The number of esters is 1. The van der Waals surface area contributed by atoms with Crippen LogP contribution in [0.5, 0.6) is 5.75 Å².